The van der Waals surface area contributed by atoms with Gasteiger partial charge in [0.05, 0.1) is 17.8 Å². The van der Waals surface area contributed by atoms with Gasteiger partial charge in [0.15, 0.2) is 0 Å². The first kappa shape index (κ1) is 19.2. The van der Waals surface area contributed by atoms with Crippen LogP contribution in [0.1, 0.15) is 30.9 Å². The van der Waals surface area contributed by atoms with Crippen LogP contribution in [0.2, 0.25) is 5.02 Å². The lowest BCUT2D eigenvalue weighted by Crippen LogP contribution is -2.24. The van der Waals surface area contributed by atoms with Crippen LogP contribution in [0.25, 0.3) is 0 Å². The summed E-state index contributed by atoms with van der Waals surface area (Å²) in [5, 5.41) is 3.52. The zero-order valence-corrected chi connectivity index (χ0v) is 14.7. The molecule has 0 spiro atoms. The summed E-state index contributed by atoms with van der Waals surface area (Å²) in [5.41, 5.74) is -0.0735. The predicted molar refractivity (Wildman–Crippen MR) is 89.0 cm³/mol. The molecule has 136 valence electrons. The van der Waals surface area contributed by atoms with Crippen molar-refractivity contribution in [3.63, 3.8) is 0 Å². The number of alkyl halides is 3. The first-order valence-corrected chi connectivity index (χ1v) is 8.05. The van der Waals surface area contributed by atoms with Crippen molar-refractivity contribution in [1.82, 2.24) is 15.0 Å². The molecule has 0 aromatic carbocycles. The third-order valence-corrected chi connectivity index (χ3v) is 3.71. The van der Waals surface area contributed by atoms with Crippen molar-refractivity contribution < 1.29 is 17.9 Å². The maximum Gasteiger partial charge on any atom is 0.417 e. The fraction of sp³-hybridized carbons (Fsp3) is 0.438. The van der Waals surface area contributed by atoms with Crippen LogP contribution >= 0.6 is 11.6 Å². The molecule has 2 heterocycles. The number of anilines is 1. The number of halogens is 4. The molecule has 5 nitrogen and oxygen atoms in total. The summed E-state index contributed by atoms with van der Waals surface area (Å²) >= 11 is 6.24. The first-order valence-electron chi connectivity index (χ1n) is 7.67. The summed E-state index contributed by atoms with van der Waals surface area (Å²) in [6.07, 6.45) is -3.36. The monoisotopic (exact) mass is 374 g/mol. The molecule has 0 aliphatic heterocycles. The van der Waals surface area contributed by atoms with Gasteiger partial charge in [0.1, 0.15) is 22.8 Å². The Labute approximate surface area is 148 Å². The van der Waals surface area contributed by atoms with Crippen molar-refractivity contribution in [3.8, 4) is 5.88 Å². The molecule has 0 bridgehead atoms. The summed E-state index contributed by atoms with van der Waals surface area (Å²) in [4.78, 5) is 12.2. The SMILES string of the molecule is CCc1nc(C)nc(NCC(C)Oc2ccc(C(F)(F)F)cn2)c1Cl. The van der Waals surface area contributed by atoms with Crippen molar-refractivity contribution in [2.45, 2.75) is 39.5 Å². The van der Waals surface area contributed by atoms with Gasteiger partial charge in [0.2, 0.25) is 5.88 Å². The van der Waals surface area contributed by atoms with Gasteiger partial charge in [-0.15, -0.1) is 0 Å². The number of rotatable bonds is 6. The molecule has 0 aliphatic carbocycles. The first-order chi connectivity index (χ1) is 11.7. The van der Waals surface area contributed by atoms with Crippen LogP contribution in [-0.2, 0) is 12.6 Å². The molecule has 0 saturated carbocycles. The van der Waals surface area contributed by atoms with Crippen LogP contribution in [0, 0.1) is 6.92 Å². The van der Waals surface area contributed by atoms with Gasteiger partial charge in [-0.2, -0.15) is 13.2 Å². The van der Waals surface area contributed by atoms with E-state index in [1.807, 2.05) is 6.92 Å². The second-order valence-electron chi connectivity index (χ2n) is 5.43. The van der Waals surface area contributed by atoms with Crippen molar-refractivity contribution in [2.75, 3.05) is 11.9 Å². The van der Waals surface area contributed by atoms with E-state index in [9.17, 15) is 13.2 Å². The predicted octanol–water partition coefficient (Wildman–Crippen LogP) is 4.29. The Morgan fingerprint density at radius 2 is 2.00 bits per heavy atom. The van der Waals surface area contributed by atoms with E-state index in [0.29, 0.717) is 29.6 Å². The van der Waals surface area contributed by atoms with Gasteiger partial charge in [-0.1, -0.05) is 18.5 Å². The molecule has 25 heavy (non-hydrogen) atoms. The highest BCUT2D eigenvalue weighted by atomic mass is 35.5. The fourth-order valence-electron chi connectivity index (χ4n) is 2.07. The van der Waals surface area contributed by atoms with Crippen molar-refractivity contribution >= 4 is 17.4 Å². The lowest BCUT2D eigenvalue weighted by molar-refractivity contribution is -0.137. The zero-order chi connectivity index (χ0) is 18.6. The Balaban J connectivity index is 1.97. The van der Waals surface area contributed by atoms with Gasteiger partial charge in [-0.05, 0) is 26.3 Å². The normalized spacial score (nSPS) is 12.8. The summed E-state index contributed by atoms with van der Waals surface area (Å²) < 4.78 is 43.0. The molecular weight excluding hydrogens is 357 g/mol. The number of hydrogen-bond donors (Lipinski definition) is 1. The highest BCUT2D eigenvalue weighted by Crippen LogP contribution is 2.29. The fourth-order valence-corrected chi connectivity index (χ4v) is 2.36. The molecule has 2 aromatic heterocycles. The van der Waals surface area contributed by atoms with Crippen LogP contribution in [-0.4, -0.2) is 27.6 Å². The quantitative estimate of drug-likeness (QED) is 0.817. The molecule has 2 aromatic rings. The standard InChI is InChI=1S/C16H18ClF3N4O/c1-4-12-14(17)15(24-10(3)23-12)22-7-9(2)25-13-6-5-11(8-21-13)16(18,19)20/h5-6,8-9H,4,7H2,1-3H3,(H,22,23,24). The van der Waals surface area contributed by atoms with E-state index in [0.717, 1.165) is 18.0 Å². The van der Waals surface area contributed by atoms with E-state index in [1.165, 1.54) is 6.07 Å². The van der Waals surface area contributed by atoms with E-state index in [2.05, 4.69) is 20.3 Å². The number of pyridine rings is 1. The molecule has 0 fully saturated rings. The van der Waals surface area contributed by atoms with E-state index in [4.69, 9.17) is 16.3 Å². The third-order valence-electron chi connectivity index (χ3n) is 3.31. The van der Waals surface area contributed by atoms with Crippen molar-refractivity contribution in [1.29, 1.82) is 0 Å². The second-order valence-corrected chi connectivity index (χ2v) is 5.80. The maximum absolute atomic E-state index is 12.5. The highest BCUT2D eigenvalue weighted by molar-refractivity contribution is 6.33. The summed E-state index contributed by atoms with van der Waals surface area (Å²) in [5.74, 6) is 1.21. The molecule has 0 saturated heterocycles. The van der Waals surface area contributed by atoms with Gasteiger partial charge in [0, 0.05) is 12.3 Å². The molecule has 9 heteroatoms. The van der Waals surface area contributed by atoms with Crippen LogP contribution in [0.5, 0.6) is 5.88 Å². The highest BCUT2D eigenvalue weighted by Gasteiger charge is 2.30. The summed E-state index contributed by atoms with van der Waals surface area (Å²) in [7, 11) is 0. The number of hydrogen-bond acceptors (Lipinski definition) is 5. The van der Waals surface area contributed by atoms with Crippen LogP contribution in [0.3, 0.4) is 0 Å². The number of ether oxygens (including phenoxy) is 1. The number of aromatic nitrogens is 3. The van der Waals surface area contributed by atoms with Gasteiger partial charge < -0.3 is 10.1 Å². The number of nitrogens with zero attached hydrogens (tertiary/aromatic N) is 3. The van der Waals surface area contributed by atoms with Crippen molar-refractivity contribution in [3.05, 3.63) is 40.4 Å². The Hall–Kier alpha value is -2.09. The Kier molecular flexibility index (Phi) is 6.05. The van der Waals surface area contributed by atoms with Crippen molar-refractivity contribution in [2.24, 2.45) is 0 Å². The molecule has 2 rings (SSSR count). The largest absolute Gasteiger partial charge is 0.473 e. The Morgan fingerprint density at radius 1 is 1.28 bits per heavy atom. The molecular formula is C16H18ClF3N4O. The molecule has 1 unspecified atom stereocenters. The van der Waals surface area contributed by atoms with E-state index in [1.54, 1.807) is 13.8 Å². The minimum atomic E-state index is -4.42. The summed E-state index contributed by atoms with van der Waals surface area (Å²) in [6, 6.07) is 2.12. The average molecular weight is 375 g/mol. The molecule has 0 radical (unpaired) electrons. The minimum absolute atomic E-state index is 0.113. The summed E-state index contributed by atoms with van der Waals surface area (Å²) in [6.45, 7) is 5.82. The Morgan fingerprint density at radius 3 is 2.56 bits per heavy atom. The number of aryl methyl sites for hydroxylation is 2. The zero-order valence-electron chi connectivity index (χ0n) is 14.0. The van der Waals surface area contributed by atoms with Gasteiger partial charge in [-0.3, -0.25) is 0 Å². The third kappa shape index (κ3) is 5.19. The van der Waals surface area contributed by atoms with Crippen LogP contribution in [0.15, 0.2) is 18.3 Å². The second kappa shape index (κ2) is 7.86. The van der Waals surface area contributed by atoms with E-state index in [-0.39, 0.29) is 12.0 Å². The van der Waals surface area contributed by atoms with Gasteiger partial charge >= 0.3 is 6.18 Å². The van der Waals surface area contributed by atoms with Gasteiger partial charge in [0.25, 0.3) is 0 Å². The maximum atomic E-state index is 12.5. The minimum Gasteiger partial charge on any atom is -0.473 e. The molecule has 1 N–H and O–H groups in total. The average Bonchev–Trinajstić information content (AvgIpc) is 2.55. The smallest absolute Gasteiger partial charge is 0.417 e. The van der Waals surface area contributed by atoms with E-state index >= 15 is 0 Å². The lowest BCUT2D eigenvalue weighted by atomic mass is 10.3. The molecule has 0 aliphatic rings. The Bertz CT molecular complexity index is 723. The van der Waals surface area contributed by atoms with Crippen LogP contribution < -0.4 is 10.1 Å². The topological polar surface area (TPSA) is 59.9 Å². The van der Waals surface area contributed by atoms with Crippen LogP contribution in [0.4, 0.5) is 19.0 Å². The lowest BCUT2D eigenvalue weighted by Gasteiger charge is -2.17. The van der Waals surface area contributed by atoms with Gasteiger partial charge in [-0.25, -0.2) is 15.0 Å². The molecule has 1 atom stereocenters. The molecule has 0 amide bonds. The van der Waals surface area contributed by atoms with E-state index < -0.39 is 11.7 Å². The number of nitrogens with one attached hydrogen (secondary N) is 1.